The molecule has 0 radical (unpaired) electrons. The number of ether oxygens (including phenoxy) is 1. The first-order valence-corrected chi connectivity index (χ1v) is 7.11. The summed E-state index contributed by atoms with van der Waals surface area (Å²) in [6.45, 7) is 4.33. The van der Waals surface area contributed by atoms with E-state index in [1.807, 2.05) is 49.4 Å². The molecule has 0 bridgehead atoms. The zero-order valence-electron chi connectivity index (χ0n) is 12.3. The Balaban J connectivity index is 1.93. The SMILES string of the molecule is Cc1cc(OCc2ccccc2)c2cc([C@@H](C)O)[nH]c2c1. The van der Waals surface area contributed by atoms with Gasteiger partial charge in [-0.15, -0.1) is 0 Å². The van der Waals surface area contributed by atoms with Crippen LogP contribution in [-0.2, 0) is 6.61 Å². The average molecular weight is 281 g/mol. The van der Waals surface area contributed by atoms with Gasteiger partial charge in [-0.3, -0.25) is 0 Å². The molecule has 3 heteroatoms. The van der Waals surface area contributed by atoms with Gasteiger partial charge in [0.05, 0.1) is 6.10 Å². The molecular weight excluding hydrogens is 262 g/mol. The van der Waals surface area contributed by atoms with Gasteiger partial charge in [-0.25, -0.2) is 0 Å². The van der Waals surface area contributed by atoms with E-state index in [0.29, 0.717) is 6.61 Å². The molecule has 0 saturated heterocycles. The highest BCUT2D eigenvalue weighted by Crippen LogP contribution is 2.30. The molecule has 21 heavy (non-hydrogen) atoms. The Labute approximate surface area is 124 Å². The van der Waals surface area contributed by atoms with Crippen molar-refractivity contribution in [3.8, 4) is 5.75 Å². The van der Waals surface area contributed by atoms with Crippen LogP contribution in [0.15, 0.2) is 48.5 Å². The summed E-state index contributed by atoms with van der Waals surface area (Å²) in [5.41, 5.74) is 4.07. The number of nitrogens with one attached hydrogen (secondary N) is 1. The lowest BCUT2D eigenvalue weighted by Gasteiger charge is -2.08. The van der Waals surface area contributed by atoms with Crippen LogP contribution in [0.4, 0.5) is 0 Å². The number of aryl methyl sites for hydroxylation is 1. The van der Waals surface area contributed by atoms with E-state index >= 15 is 0 Å². The van der Waals surface area contributed by atoms with Crippen molar-refractivity contribution in [3.05, 3.63) is 65.4 Å². The number of H-pyrrole nitrogens is 1. The number of hydrogen-bond acceptors (Lipinski definition) is 2. The Morgan fingerprint density at radius 2 is 1.90 bits per heavy atom. The highest BCUT2D eigenvalue weighted by Gasteiger charge is 2.11. The standard InChI is InChI=1S/C18H19NO2/c1-12-8-17-15(10-16(19-17)13(2)20)18(9-12)21-11-14-6-4-3-5-7-14/h3-10,13,19-20H,11H2,1-2H3/t13-/m1/s1. The van der Waals surface area contributed by atoms with Crippen molar-refractivity contribution in [2.24, 2.45) is 0 Å². The van der Waals surface area contributed by atoms with E-state index < -0.39 is 6.10 Å². The second-order valence-corrected chi connectivity index (χ2v) is 5.40. The van der Waals surface area contributed by atoms with Gasteiger partial charge in [-0.2, -0.15) is 0 Å². The minimum Gasteiger partial charge on any atom is -0.488 e. The van der Waals surface area contributed by atoms with Crippen molar-refractivity contribution in [1.82, 2.24) is 4.98 Å². The lowest BCUT2D eigenvalue weighted by atomic mass is 10.1. The van der Waals surface area contributed by atoms with E-state index in [2.05, 4.69) is 11.1 Å². The van der Waals surface area contributed by atoms with E-state index in [-0.39, 0.29) is 0 Å². The normalized spacial score (nSPS) is 12.5. The third kappa shape index (κ3) is 2.93. The first-order chi connectivity index (χ1) is 10.1. The van der Waals surface area contributed by atoms with Crippen molar-refractivity contribution in [3.63, 3.8) is 0 Å². The number of aliphatic hydroxyl groups is 1. The molecule has 0 aliphatic rings. The summed E-state index contributed by atoms with van der Waals surface area (Å²) in [6.07, 6.45) is -0.514. The predicted molar refractivity (Wildman–Crippen MR) is 84.4 cm³/mol. The van der Waals surface area contributed by atoms with Crippen LogP contribution in [0.3, 0.4) is 0 Å². The van der Waals surface area contributed by atoms with E-state index in [1.165, 1.54) is 0 Å². The minimum absolute atomic E-state index is 0.514. The third-order valence-electron chi connectivity index (χ3n) is 3.55. The smallest absolute Gasteiger partial charge is 0.129 e. The minimum atomic E-state index is -0.514. The molecule has 0 saturated carbocycles. The summed E-state index contributed by atoms with van der Waals surface area (Å²) < 4.78 is 5.98. The third-order valence-corrected chi connectivity index (χ3v) is 3.55. The monoisotopic (exact) mass is 281 g/mol. The molecule has 3 rings (SSSR count). The van der Waals surface area contributed by atoms with Crippen LogP contribution in [0.25, 0.3) is 10.9 Å². The second-order valence-electron chi connectivity index (χ2n) is 5.40. The quantitative estimate of drug-likeness (QED) is 0.756. The van der Waals surface area contributed by atoms with Gasteiger partial charge in [0, 0.05) is 16.6 Å². The Kier molecular flexibility index (Phi) is 3.67. The van der Waals surface area contributed by atoms with Gasteiger partial charge in [-0.1, -0.05) is 30.3 Å². The maximum atomic E-state index is 9.72. The lowest BCUT2D eigenvalue weighted by Crippen LogP contribution is -1.95. The summed E-state index contributed by atoms with van der Waals surface area (Å²) in [4.78, 5) is 3.24. The lowest BCUT2D eigenvalue weighted by molar-refractivity contribution is 0.195. The van der Waals surface area contributed by atoms with Crippen LogP contribution in [-0.4, -0.2) is 10.1 Å². The van der Waals surface area contributed by atoms with Crippen molar-refractivity contribution >= 4 is 10.9 Å². The molecule has 1 heterocycles. The van der Waals surface area contributed by atoms with E-state index in [0.717, 1.165) is 33.5 Å². The van der Waals surface area contributed by atoms with Crippen molar-refractivity contribution in [1.29, 1.82) is 0 Å². The van der Waals surface area contributed by atoms with Crippen LogP contribution in [0, 0.1) is 6.92 Å². The molecule has 1 atom stereocenters. The fraction of sp³-hybridized carbons (Fsp3) is 0.222. The predicted octanol–water partition coefficient (Wildman–Crippen LogP) is 4.11. The fourth-order valence-corrected chi connectivity index (χ4v) is 2.44. The van der Waals surface area contributed by atoms with Gasteiger partial charge in [0.15, 0.2) is 0 Å². The maximum Gasteiger partial charge on any atom is 0.129 e. The molecule has 0 aliphatic heterocycles. The number of fused-ring (bicyclic) bond motifs is 1. The summed E-state index contributed by atoms with van der Waals surface area (Å²) in [5.74, 6) is 0.844. The molecule has 108 valence electrons. The van der Waals surface area contributed by atoms with E-state index in [1.54, 1.807) is 6.92 Å². The molecule has 0 unspecified atom stereocenters. The molecule has 3 aromatic rings. The molecular formula is C18H19NO2. The fourth-order valence-electron chi connectivity index (χ4n) is 2.44. The van der Waals surface area contributed by atoms with Gasteiger partial charge in [0.2, 0.25) is 0 Å². The summed E-state index contributed by atoms with van der Waals surface area (Å²) >= 11 is 0. The number of aliphatic hydroxyl groups excluding tert-OH is 1. The van der Waals surface area contributed by atoms with Gasteiger partial charge in [0.25, 0.3) is 0 Å². The van der Waals surface area contributed by atoms with Crippen LogP contribution < -0.4 is 4.74 Å². The highest BCUT2D eigenvalue weighted by molar-refractivity contribution is 5.87. The summed E-state index contributed by atoms with van der Waals surface area (Å²) in [5, 5.41) is 10.7. The van der Waals surface area contributed by atoms with Crippen LogP contribution in [0.1, 0.15) is 29.8 Å². The molecule has 0 aliphatic carbocycles. The Morgan fingerprint density at radius 1 is 1.14 bits per heavy atom. The largest absolute Gasteiger partial charge is 0.488 e. The van der Waals surface area contributed by atoms with E-state index in [4.69, 9.17) is 4.74 Å². The summed E-state index contributed by atoms with van der Waals surface area (Å²) in [7, 11) is 0. The molecule has 0 spiro atoms. The number of aromatic nitrogens is 1. The van der Waals surface area contributed by atoms with Gasteiger partial charge < -0.3 is 14.8 Å². The Hall–Kier alpha value is -2.26. The number of rotatable bonds is 4. The van der Waals surface area contributed by atoms with Crippen LogP contribution in [0.5, 0.6) is 5.75 Å². The number of benzene rings is 2. The topological polar surface area (TPSA) is 45.2 Å². The first-order valence-electron chi connectivity index (χ1n) is 7.11. The highest BCUT2D eigenvalue weighted by atomic mass is 16.5. The van der Waals surface area contributed by atoms with Crippen LogP contribution in [0.2, 0.25) is 0 Å². The maximum absolute atomic E-state index is 9.72. The van der Waals surface area contributed by atoms with Crippen LogP contribution >= 0.6 is 0 Å². The average Bonchev–Trinajstić information content (AvgIpc) is 2.90. The van der Waals surface area contributed by atoms with Gasteiger partial charge >= 0.3 is 0 Å². The van der Waals surface area contributed by atoms with Gasteiger partial charge in [0.1, 0.15) is 12.4 Å². The van der Waals surface area contributed by atoms with Crippen molar-refractivity contribution in [2.75, 3.05) is 0 Å². The molecule has 0 amide bonds. The second kappa shape index (κ2) is 5.62. The molecule has 1 aromatic heterocycles. The van der Waals surface area contributed by atoms with E-state index in [9.17, 15) is 5.11 Å². The number of aromatic amines is 1. The molecule has 3 nitrogen and oxygen atoms in total. The molecule has 2 N–H and O–H groups in total. The zero-order valence-corrected chi connectivity index (χ0v) is 12.3. The Bertz CT molecular complexity index is 745. The van der Waals surface area contributed by atoms with Crippen molar-refractivity contribution in [2.45, 2.75) is 26.6 Å². The molecule has 2 aromatic carbocycles. The van der Waals surface area contributed by atoms with Crippen molar-refractivity contribution < 1.29 is 9.84 Å². The molecule has 0 fully saturated rings. The zero-order chi connectivity index (χ0) is 14.8. The Morgan fingerprint density at radius 3 is 2.62 bits per heavy atom. The first kappa shape index (κ1) is 13.7. The van der Waals surface area contributed by atoms with Gasteiger partial charge in [-0.05, 0) is 43.2 Å². The number of hydrogen-bond donors (Lipinski definition) is 2. The summed E-state index contributed by atoms with van der Waals surface area (Å²) in [6, 6.07) is 16.2.